The summed E-state index contributed by atoms with van der Waals surface area (Å²) in [6.07, 6.45) is 1.07. The zero-order chi connectivity index (χ0) is 8.43. The first kappa shape index (κ1) is 8.53. The van der Waals surface area contributed by atoms with Crippen LogP contribution in [0.4, 0.5) is 0 Å². The minimum absolute atomic E-state index is 0.157. The van der Waals surface area contributed by atoms with E-state index in [-0.39, 0.29) is 5.91 Å². The second-order valence-corrected chi connectivity index (χ2v) is 3.40. The Hall–Kier alpha value is -0.570. The van der Waals surface area contributed by atoms with Crippen LogP contribution < -0.4 is 5.73 Å². The van der Waals surface area contributed by atoms with Crippen LogP contribution in [0.15, 0.2) is 0 Å². The molecule has 64 valence electrons. The van der Waals surface area contributed by atoms with Crippen LogP contribution in [-0.4, -0.2) is 29.9 Å². The lowest BCUT2D eigenvalue weighted by Crippen LogP contribution is -2.38. The van der Waals surface area contributed by atoms with Crippen LogP contribution in [-0.2, 0) is 4.79 Å². The third-order valence-electron chi connectivity index (χ3n) is 2.30. The Morgan fingerprint density at radius 1 is 1.73 bits per heavy atom. The fourth-order valence-electron chi connectivity index (χ4n) is 1.76. The van der Waals surface area contributed by atoms with Crippen molar-refractivity contribution in [1.82, 2.24) is 4.90 Å². The van der Waals surface area contributed by atoms with E-state index in [0.717, 1.165) is 13.0 Å². The van der Waals surface area contributed by atoms with Gasteiger partial charge in [0.2, 0.25) is 5.91 Å². The quantitative estimate of drug-likeness (QED) is 0.589. The number of nitrogens with two attached hydrogens (primary N) is 1. The summed E-state index contributed by atoms with van der Waals surface area (Å²) in [4.78, 5) is 12.9. The molecule has 0 radical (unpaired) electrons. The maximum absolute atomic E-state index is 11.0. The van der Waals surface area contributed by atoms with Crippen molar-refractivity contribution in [3.05, 3.63) is 0 Å². The summed E-state index contributed by atoms with van der Waals surface area (Å²) in [5.41, 5.74) is 5.53. The van der Waals surface area contributed by atoms with Crippen LogP contribution in [0.25, 0.3) is 0 Å². The number of carbonyl (C=O) groups is 1. The Labute approximate surface area is 67.5 Å². The Morgan fingerprint density at radius 3 is 2.73 bits per heavy atom. The van der Waals surface area contributed by atoms with Gasteiger partial charge in [-0.05, 0) is 12.3 Å². The first-order valence-electron chi connectivity index (χ1n) is 4.12. The van der Waals surface area contributed by atoms with Gasteiger partial charge in [0.25, 0.3) is 0 Å². The predicted octanol–water partition coefficient (Wildman–Crippen LogP) is 0.202. The molecule has 2 unspecified atom stereocenters. The van der Waals surface area contributed by atoms with E-state index in [1.54, 1.807) is 6.92 Å². The second-order valence-electron chi connectivity index (χ2n) is 3.40. The molecule has 1 rings (SSSR count). The zero-order valence-electron chi connectivity index (χ0n) is 7.21. The molecule has 0 saturated carbocycles. The molecule has 1 fully saturated rings. The highest BCUT2D eigenvalue weighted by Crippen LogP contribution is 2.21. The molecule has 1 amide bonds. The zero-order valence-corrected chi connectivity index (χ0v) is 7.21. The third kappa shape index (κ3) is 1.71. The van der Waals surface area contributed by atoms with Gasteiger partial charge in [-0.25, -0.2) is 0 Å². The number of carbonyl (C=O) groups excluding carboxylic acids is 1. The maximum atomic E-state index is 11.0. The first-order valence-corrected chi connectivity index (χ1v) is 4.12. The van der Waals surface area contributed by atoms with Gasteiger partial charge in [-0.3, -0.25) is 4.79 Å². The molecular formula is C8H16N2O. The van der Waals surface area contributed by atoms with E-state index in [1.165, 1.54) is 0 Å². The SMILES string of the molecule is CC(=O)N1CC(C)CC1CN. The van der Waals surface area contributed by atoms with Crippen LogP contribution >= 0.6 is 0 Å². The van der Waals surface area contributed by atoms with Gasteiger partial charge in [-0.2, -0.15) is 0 Å². The summed E-state index contributed by atoms with van der Waals surface area (Å²) in [5.74, 6) is 0.775. The summed E-state index contributed by atoms with van der Waals surface area (Å²) in [6, 6.07) is 0.294. The molecule has 1 heterocycles. The molecule has 2 N–H and O–H groups in total. The fraction of sp³-hybridized carbons (Fsp3) is 0.875. The van der Waals surface area contributed by atoms with E-state index in [0.29, 0.717) is 18.5 Å². The summed E-state index contributed by atoms with van der Waals surface area (Å²) >= 11 is 0. The van der Waals surface area contributed by atoms with Crippen molar-refractivity contribution in [3.63, 3.8) is 0 Å². The highest BCUT2D eigenvalue weighted by molar-refractivity contribution is 5.74. The van der Waals surface area contributed by atoms with E-state index in [9.17, 15) is 4.79 Å². The van der Waals surface area contributed by atoms with Gasteiger partial charge < -0.3 is 10.6 Å². The normalized spacial score (nSPS) is 31.0. The highest BCUT2D eigenvalue weighted by atomic mass is 16.2. The van der Waals surface area contributed by atoms with E-state index in [2.05, 4.69) is 6.92 Å². The van der Waals surface area contributed by atoms with Crippen LogP contribution in [0, 0.1) is 5.92 Å². The number of amides is 1. The number of likely N-dealkylation sites (tertiary alicyclic amines) is 1. The van der Waals surface area contributed by atoms with Crippen LogP contribution in [0.1, 0.15) is 20.3 Å². The van der Waals surface area contributed by atoms with Gasteiger partial charge in [0.15, 0.2) is 0 Å². The molecular weight excluding hydrogens is 140 g/mol. The minimum atomic E-state index is 0.157. The van der Waals surface area contributed by atoms with Crippen molar-refractivity contribution in [2.75, 3.05) is 13.1 Å². The topological polar surface area (TPSA) is 46.3 Å². The molecule has 0 aromatic heterocycles. The number of hydrogen-bond donors (Lipinski definition) is 1. The number of nitrogens with zero attached hydrogens (tertiary/aromatic N) is 1. The maximum Gasteiger partial charge on any atom is 0.219 e. The van der Waals surface area contributed by atoms with E-state index in [1.807, 2.05) is 4.90 Å². The lowest BCUT2D eigenvalue weighted by atomic mass is 10.1. The molecule has 1 aliphatic heterocycles. The highest BCUT2D eigenvalue weighted by Gasteiger charge is 2.29. The van der Waals surface area contributed by atoms with Crippen molar-refractivity contribution in [2.24, 2.45) is 11.7 Å². The smallest absolute Gasteiger partial charge is 0.219 e. The van der Waals surface area contributed by atoms with Crippen LogP contribution in [0.5, 0.6) is 0 Å². The lowest BCUT2D eigenvalue weighted by Gasteiger charge is -2.21. The van der Waals surface area contributed by atoms with E-state index in [4.69, 9.17) is 5.73 Å². The fourth-order valence-corrected chi connectivity index (χ4v) is 1.76. The van der Waals surface area contributed by atoms with Gasteiger partial charge in [-0.1, -0.05) is 6.92 Å². The van der Waals surface area contributed by atoms with Crippen molar-refractivity contribution < 1.29 is 4.79 Å². The first-order chi connectivity index (χ1) is 5.15. The molecule has 0 aromatic carbocycles. The molecule has 11 heavy (non-hydrogen) atoms. The summed E-state index contributed by atoms with van der Waals surface area (Å²) in [7, 11) is 0. The summed E-state index contributed by atoms with van der Waals surface area (Å²) < 4.78 is 0. The molecule has 0 bridgehead atoms. The largest absolute Gasteiger partial charge is 0.338 e. The average Bonchev–Trinajstić information content (AvgIpc) is 2.30. The van der Waals surface area contributed by atoms with Gasteiger partial charge in [0.1, 0.15) is 0 Å². The lowest BCUT2D eigenvalue weighted by molar-refractivity contribution is -0.129. The van der Waals surface area contributed by atoms with E-state index >= 15 is 0 Å². The van der Waals surface area contributed by atoms with Gasteiger partial charge in [0, 0.05) is 26.1 Å². The molecule has 0 aliphatic carbocycles. The summed E-state index contributed by atoms with van der Waals surface area (Å²) in [6.45, 7) is 5.26. The molecule has 3 heteroatoms. The van der Waals surface area contributed by atoms with Gasteiger partial charge >= 0.3 is 0 Å². The van der Waals surface area contributed by atoms with Crippen LogP contribution in [0.2, 0.25) is 0 Å². The Balaban J connectivity index is 2.57. The van der Waals surface area contributed by atoms with Crippen molar-refractivity contribution in [2.45, 2.75) is 26.3 Å². The Morgan fingerprint density at radius 2 is 2.36 bits per heavy atom. The van der Waals surface area contributed by atoms with Crippen LogP contribution in [0.3, 0.4) is 0 Å². The minimum Gasteiger partial charge on any atom is -0.338 e. The number of rotatable bonds is 1. The van der Waals surface area contributed by atoms with E-state index < -0.39 is 0 Å². The standard InChI is InChI=1S/C8H16N2O/c1-6-3-8(4-9)10(5-6)7(2)11/h6,8H,3-5,9H2,1-2H3. The average molecular weight is 156 g/mol. The van der Waals surface area contributed by atoms with Gasteiger partial charge in [0.05, 0.1) is 0 Å². The monoisotopic (exact) mass is 156 g/mol. The molecule has 1 saturated heterocycles. The number of hydrogen-bond acceptors (Lipinski definition) is 2. The summed E-state index contributed by atoms with van der Waals surface area (Å²) in [5, 5.41) is 0. The molecule has 0 aromatic rings. The van der Waals surface area contributed by atoms with Crippen molar-refractivity contribution in [3.8, 4) is 0 Å². The predicted molar refractivity (Wildman–Crippen MR) is 44.0 cm³/mol. The molecule has 1 aliphatic rings. The second kappa shape index (κ2) is 3.22. The molecule has 2 atom stereocenters. The van der Waals surface area contributed by atoms with Crippen molar-refractivity contribution >= 4 is 5.91 Å². The van der Waals surface area contributed by atoms with Crippen molar-refractivity contribution in [1.29, 1.82) is 0 Å². The Kier molecular flexibility index (Phi) is 2.49. The molecule has 3 nitrogen and oxygen atoms in total. The molecule has 0 spiro atoms. The van der Waals surface area contributed by atoms with Gasteiger partial charge in [-0.15, -0.1) is 0 Å². The third-order valence-corrected chi connectivity index (χ3v) is 2.30. The Bertz CT molecular complexity index is 158.